The molecule has 1 aliphatic carbocycles. The summed E-state index contributed by atoms with van der Waals surface area (Å²) in [5.74, 6) is 0.284. The summed E-state index contributed by atoms with van der Waals surface area (Å²) >= 11 is 0. The van der Waals surface area contributed by atoms with Gasteiger partial charge in [-0.25, -0.2) is 0 Å². The van der Waals surface area contributed by atoms with Crippen LogP contribution in [0.1, 0.15) is 51.4 Å². The van der Waals surface area contributed by atoms with Gasteiger partial charge in [0.25, 0.3) is 0 Å². The number of hydrogen-bond donors (Lipinski definition) is 0. The SMILES string of the molecule is CO[C@@H]1CO[C@@]2(CCCN(C(=O)CC3=CCCCC3)C2)C1. The number of carbonyl (C=O) groups is 1. The zero-order valence-corrected chi connectivity index (χ0v) is 13.1. The van der Waals surface area contributed by atoms with Crippen molar-refractivity contribution in [3.63, 3.8) is 0 Å². The molecule has 1 amide bonds. The molecule has 0 radical (unpaired) electrons. The van der Waals surface area contributed by atoms with Gasteiger partial charge in [-0.1, -0.05) is 11.6 Å². The fourth-order valence-electron chi connectivity index (χ4n) is 3.92. The number of ether oxygens (including phenoxy) is 2. The van der Waals surface area contributed by atoms with Gasteiger partial charge in [-0.15, -0.1) is 0 Å². The van der Waals surface area contributed by atoms with E-state index in [2.05, 4.69) is 6.08 Å². The van der Waals surface area contributed by atoms with Crippen LogP contribution in [-0.4, -0.2) is 49.3 Å². The molecule has 3 rings (SSSR count). The van der Waals surface area contributed by atoms with Crippen molar-refractivity contribution < 1.29 is 14.3 Å². The predicted molar refractivity (Wildman–Crippen MR) is 81.1 cm³/mol. The molecule has 2 heterocycles. The molecule has 2 saturated heterocycles. The maximum Gasteiger partial charge on any atom is 0.226 e. The van der Waals surface area contributed by atoms with Crippen molar-refractivity contribution in [3.8, 4) is 0 Å². The van der Waals surface area contributed by atoms with Gasteiger partial charge in [0.2, 0.25) is 5.91 Å². The molecule has 2 fully saturated rings. The lowest BCUT2D eigenvalue weighted by atomic mass is 9.88. The molecule has 2 aliphatic heterocycles. The van der Waals surface area contributed by atoms with Crippen LogP contribution in [0.3, 0.4) is 0 Å². The summed E-state index contributed by atoms with van der Waals surface area (Å²) in [6.07, 6.45) is 10.9. The highest BCUT2D eigenvalue weighted by atomic mass is 16.6. The van der Waals surface area contributed by atoms with E-state index in [1.807, 2.05) is 4.90 Å². The van der Waals surface area contributed by atoms with Crippen molar-refractivity contribution in [1.82, 2.24) is 4.90 Å². The minimum atomic E-state index is -0.143. The second kappa shape index (κ2) is 6.49. The number of likely N-dealkylation sites (tertiary alicyclic amines) is 1. The average molecular weight is 293 g/mol. The Kier molecular flexibility index (Phi) is 4.65. The van der Waals surface area contributed by atoms with Crippen molar-refractivity contribution in [3.05, 3.63) is 11.6 Å². The highest BCUT2D eigenvalue weighted by molar-refractivity contribution is 5.79. The fraction of sp³-hybridized carbons (Fsp3) is 0.824. The highest BCUT2D eigenvalue weighted by Gasteiger charge is 2.44. The van der Waals surface area contributed by atoms with E-state index in [0.29, 0.717) is 13.0 Å². The van der Waals surface area contributed by atoms with Crippen LogP contribution in [0.2, 0.25) is 0 Å². The minimum absolute atomic E-state index is 0.143. The summed E-state index contributed by atoms with van der Waals surface area (Å²) in [5, 5.41) is 0. The maximum absolute atomic E-state index is 12.6. The normalized spacial score (nSPS) is 33.3. The van der Waals surface area contributed by atoms with Crippen molar-refractivity contribution in [2.45, 2.75) is 63.1 Å². The summed E-state index contributed by atoms with van der Waals surface area (Å²) < 4.78 is 11.4. The maximum atomic E-state index is 12.6. The number of allylic oxidation sites excluding steroid dienone is 1. The Morgan fingerprint density at radius 3 is 3.10 bits per heavy atom. The van der Waals surface area contributed by atoms with Crippen molar-refractivity contribution in [2.24, 2.45) is 0 Å². The molecule has 0 bridgehead atoms. The second-order valence-electron chi connectivity index (χ2n) is 6.76. The minimum Gasteiger partial charge on any atom is -0.379 e. The molecule has 3 aliphatic rings. The van der Waals surface area contributed by atoms with Gasteiger partial charge in [0.1, 0.15) is 0 Å². The number of carbonyl (C=O) groups excluding carboxylic acids is 1. The van der Waals surface area contributed by atoms with Crippen molar-refractivity contribution in [1.29, 1.82) is 0 Å². The molecular weight excluding hydrogens is 266 g/mol. The molecule has 4 nitrogen and oxygen atoms in total. The lowest BCUT2D eigenvalue weighted by Gasteiger charge is -2.40. The Labute approximate surface area is 127 Å². The molecule has 0 unspecified atom stereocenters. The lowest BCUT2D eigenvalue weighted by Crippen LogP contribution is -2.50. The van der Waals surface area contributed by atoms with E-state index in [0.717, 1.165) is 45.2 Å². The standard InChI is InChI=1S/C17H27NO3/c1-20-15-11-17(21-12-15)8-5-9-18(13-17)16(19)10-14-6-3-2-4-7-14/h6,15H,2-5,7-13H2,1H3/t15-,17-/m0/s1. The number of rotatable bonds is 3. The zero-order chi connectivity index (χ0) is 14.7. The first-order valence-electron chi connectivity index (χ1n) is 8.33. The third-order valence-electron chi connectivity index (χ3n) is 5.16. The van der Waals surface area contributed by atoms with Crippen LogP contribution in [0.15, 0.2) is 11.6 Å². The number of hydrogen-bond acceptors (Lipinski definition) is 3. The van der Waals surface area contributed by atoms with E-state index >= 15 is 0 Å². The van der Waals surface area contributed by atoms with Gasteiger partial charge in [-0.3, -0.25) is 4.79 Å². The molecule has 0 aromatic carbocycles. The van der Waals surface area contributed by atoms with E-state index in [4.69, 9.17) is 9.47 Å². The van der Waals surface area contributed by atoms with E-state index in [-0.39, 0.29) is 17.6 Å². The Balaban J connectivity index is 1.58. The van der Waals surface area contributed by atoms with Gasteiger partial charge in [0.15, 0.2) is 0 Å². The van der Waals surface area contributed by atoms with Gasteiger partial charge in [0, 0.05) is 33.0 Å². The molecule has 0 aromatic heterocycles. The monoisotopic (exact) mass is 293 g/mol. The molecule has 2 atom stereocenters. The summed E-state index contributed by atoms with van der Waals surface area (Å²) in [5.41, 5.74) is 1.20. The first-order valence-corrected chi connectivity index (χ1v) is 8.33. The van der Waals surface area contributed by atoms with E-state index < -0.39 is 0 Å². The number of nitrogens with zero attached hydrogens (tertiary/aromatic N) is 1. The van der Waals surface area contributed by atoms with Gasteiger partial charge in [-0.05, 0) is 38.5 Å². The second-order valence-corrected chi connectivity index (χ2v) is 6.76. The summed E-state index contributed by atoms with van der Waals surface area (Å²) in [4.78, 5) is 14.6. The summed E-state index contributed by atoms with van der Waals surface area (Å²) in [6.45, 7) is 2.30. The van der Waals surface area contributed by atoms with Crippen LogP contribution < -0.4 is 0 Å². The number of amides is 1. The summed E-state index contributed by atoms with van der Waals surface area (Å²) in [6, 6.07) is 0. The predicted octanol–water partition coefficient (Wildman–Crippen LogP) is 2.67. The first-order chi connectivity index (χ1) is 10.2. The van der Waals surface area contributed by atoms with Gasteiger partial charge >= 0.3 is 0 Å². The number of piperidine rings is 1. The molecule has 1 spiro atoms. The van der Waals surface area contributed by atoms with Crippen LogP contribution >= 0.6 is 0 Å². The van der Waals surface area contributed by atoms with E-state index in [9.17, 15) is 4.79 Å². The third-order valence-corrected chi connectivity index (χ3v) is 5.16. The Morgan fingerprint density at radius 2 is 2.38 bits per heavy atom. The fourth-order valence-corrected chi connectivity index (χ4v) is 3.92. The van der Waals surface area contributed by atoms with Crippen LogP contribution in [-0.2, 0) is 14.3 Å². The third kappa shape index (κ3) is 3.49. The molecule has 0 aromatic rings. The largest absolute Gasteiger partial charge is 0.379 e. The smallest absolute Gasteiger partial charge is 0.226 e. The molecule has 118 valence electrons. The number of methoxy groups -OCH3 is 1. The molecular formula is C17H27NO3. The van der Waals surface area contributed by atoms with Gasteiger partial charge < -0.3 is 14.4 Å². The van der Waals surface area contributed by atoms with Crippen molar-refractivity contribution >= 4 is 5.91 Å². The average Bonchev–Trinajstić information content (AvgIpc) is 2.91. The molecule has 0 saturated carbocycles. The molecule has 0 N–H and O–H groups in total. The Bertz CT molecular complexity index is 420. The van der Waals surface area contributed by atoms with Crippen LogP contribution in [0.4, 0.5) is 0 Å². The van der Waals surface area contributed by atoms with E-state index in [1.54, 1.807) is 7.11 Å². The summed E-state index contributed by atoms with van der Waals surface area (Å²) in [7, 11) is 1.74. The lowest BCUT2D eigenvalue weighted by molar-refractivity contribution is -0.138. The van der Waals surface area contributed by atoms with Crippen LogP contribution in [0.25, 0.3) is 0 Å². The van der Waals surface area contributed by atoms with Crippen molar-refractivity contribution in [2.75, 3.05) is 26.8 Å². The van der Waals surface area contributed by atoms with E-state index in [1.165, 1.54) is 18.4 Å². The molecule has 4 heteroatoms. The molecule has 21 heavy (non-hydrogen) atoms. The highest BCUT2D eigenvalue weighted by Crippen LogP contribution is 2.36. The topological polar surface area (TPSA) is 38.8 Å². The Morgan fingerprint density at radius 1 is 1.48 bits per heavy atom. The van der Waals surface area contributed by atoms with Crippen LogP contribution in [0, 0.1) is 0 Å². The van der Waals surface area contributed by atoms with Gasteiger partial charge in [-0.2, -0.15) is 0 Å². The zero-order valence-electron chi connectivity index (χ0n) is 13.1. The first kappa shape index (κ1) is 15.0. The Hall–Kier alpha value is -0.870. The van der Waals surface area contributed by atoms with Gasteiger partial charge in [0.05, 0.1) is 18.3 Å². The quantitative estimate of drug-likeness (QED) is 0.751. The van der Waals surface area contributed by atoms with Crippen LogP contribution in [0.5, 0.6) is 0 Å².